The van der Waals surface area contributed by atoms with Crippen molar-refractivity contribution in [2.75, 3.05) is 17.2 Å². The lowest BCUT2D eigenvalue weighted by atomic mass is 10.1. The molecule has 0 bridgehead atoms. The highest BCUT2D eigenvalue weighted by Crippen LogP contribution is 2.22. The molecule has 0 aliphatic carbocycles. The zero-order valence-electron chi connectivity index (χ0n) is 21.7. The van der Waals surface area contributed by atoms with Gasteiger partial charge in [0.15, 0.2) is 0 Å². The highest BCUT2D eigenvalue weighted by atomic mass is 16.5. The van der Waals surface area contributed by atoms with Crippen LogP contribution < -0.4 is 35.8 Å². The van der Waals surface area contributed by atoms with Gasteiger partial charge >= 0.3 is 6.01 Å². The van der Waals surface area contributed by atoms with Crippen molar-refractivity contribution >= 4 is 53.3 Å². The Morgan fingerprint density at radius 2 is 1.20 bits per heavy atom. The molecule has 0 radical (unpaired) electrons. The van der Waals surface area contributed by atoms with Gasteiger partial charge in [0.2, 0.25) is 11.9 Å². The van der Waals surface area contributed by atoms with Crippen LogP contribution in [0.5, 0.6) is 6.01 Å². The SMILES string of the molecule is C=C([O-])/C(=C/c1ccc(Nc2nc(Nc3ccc(C=C(C(=O)[O-])C(=O)[O-])cc3)nc(OCCCC)n2)cc1)C(=O)[O-]. The largest absolute Gasteiger partial charge is 0.872 e. The van der Waals surface area contributed by atoms with E-state index in [1.54, 1.807) is 36.4 Å². The predicted molar refractivity (Wildman–Crippen MR) is 140 cm³/mol. The minimum absolute atomic E-state index is 0.0395. The molecule has 0 saturated carbocycles. The maximum Gasteiger partial charge on any atom is 0.323 e. The molecule has 2 aromatic carbocycles. The van der Waals surface area contributed by atoms with E-state index < -0.39 is 34.8 Å². The van der Waals surface area contributed by atoms with Crippen molar-refractivity contribution in [2.24, 2.45) is 0 Å². The van der Waals surface area contributed by atoms with Crippen LogP contribution in [-0.4, -0.2) is 39.5 Å². The standard InChI is InChI=1S/C28H27N5O8/c1-3-4-13-41-28-32-26(29-19-9-5-17(6-10-19)14-21(16(2)34)23(35)36)31-27(33-28)30-20-11-7-18(8-12-20)15-22(24(37)38)25(39)40/h5-12,14-15,34H,2-4,13H2,1H3,(H,35,36)(H,37,38)(H,39,40)(H2,29,30,31,32,33)/p-4/b21-14-. The number of carbonyl (C=O) groups is 3. The Balaban J connectivity index is 1.83. The quantitative estimate of drug-likeness (QED) is 0.0635. The average Bonchev–Trinajstić information content (AvgIpc) is 2.91. The molecule has 0 fully saturated rings. The smallest absolute Gasteiger partial charge is 0.323 e. The van der Waals surface area contributed by atoms with E-state index in [2.05, 4.69) is 32.2 Å². The second-order valence-corrected chi connectivity index (χ2v) is 8.36. The van der Waals surface area contributed by atoms with E-state index in [1.165, 1.54) is 12.1 Å². The Morgan fingerprint density at radius 3 is 1.59 bits per heavy atom. The van der Waals surface area contributed by atoms with Gasteiger partial charge in [-0.25, -0.2) is 0 Å². The van der Waals surface area contributed by atoms with Gasteiger partial charge in [-0.3, -0.25) is 0 Å². The molecule has 1 aromatic heterocycles. The molecule has 0 atom stereocenters. The summed E-state index contributed by atoms with van der Waals surface area (Å²) < 4.78 is 5.64. The third kappa shape index (κ3) is 8.92. The Morgan fingerprint density at radius 1 is 0.756 bits per heavy atom. The van der Waals surface area contributed by atoms with Crippen molar-refractivity contribution in [3.8, 4) is 6.01 Å². The van der Waals surface area contributed by atoms with Gasteiger partial charge in [-0.05, 0) is 59.5 Å². The van der Waals surface area contributed by atoms with Gasteiger partial charge in [0, 0.05) is 16.9 Å². The third-order valence-electron chi connectivity index (χ3n) is 5.26. The summed E-state index contributed by atoms with van der Waals surface area (Å²) in [5.41, 5.74) is 0.176. The zero-order valence-corrected chi connectivity index (χ0v) is 21.7. The molecule has 1 heterocycles. The van der Waals surface area contributed by atoms with Crippen molar-refractivity contribution < 1.29 is 39.5 Å². The number of nitrogens with one attached hydrogen (secondary N) is 2. The van der Waals surface area contributed by atoms with Crippen LogP contribution in [0.3, 0.4) is 0 Å². The van der Waals surface area contributed by atoms with E-state index in [0.29, 0.717) is 23.5 Å². The summed E-state index contributed by atoms with van der Waals surface area (Å²) in [5, 5.41) is 50.4. The molecule has 0 aliphatic heterocycles. The summed E-state index contributed by atoms with van der Waals surface area (Å²) in [5.74, 6) is -6.01. The van der Waals surface area contributed by atoms with Crippen molar-refractivity contribution in [1.82, 2.24) is 15.0 Å². The molecular weight excluding hydrogens is 534 g/mol. The number of anilines is 4. The number of ether oxygens (including phenoxy) is 1. The summed E-state index contributed by atoms with van der Waals surface area (Å²) in [6.45, 7) is 5.47. The highest BCUT2D eigenvalue weighted by molar-refractivity contribution is 6.14. The van der Waals surface area contributed by atoms with Crippen molar-refractivity contribution in [1.29, 1.82) is 0 Å². The van der Waals surface area contributed by atoms with Crippen LogP contribution in [0.1, 0.15) is 30.9 Å². The van der Waals surface area contributed by atoms with Gasteiger partial charge in [0.05, 0.1) is 24.5 Å². The maximum atomic E-state index is 11.4. The molecule has 0 amide bonds. The monoisotopic (exact) mass is 557 g/mol. The Labute approximate surface area is 234 Å². The Kier molecular flexibility index (Phi) is 10.1. The van der Waals surface area contributed by atoms with Gasteiger partial charge in [-0.2, -0.15) is 15.0 Å². The molecule has 41 heavy (non-hydrogen) atoms. The lowest BCUT2D eigenvalue weighted by molar-refractivity contribution is -0.315. The second-order valence-electron chi connectivity index (χ2n) is 8.36. The Hall–Kier alpha value is -5.72. The van der Waals surface area contributed by atoms with Gasteiger partial charge in [-0.15, -0.1) is 12.3 Å². The molecule has 0 saturated heterocycles. The fourth-order valence-corrected chi connectivity index (χ4v) is 3.21. The number of hydrogen-bond acceptors (Lipinski definition) is 13. The van der Waals surface area contributed by atoms with Gasteiger partial charge in [0.1, 0.15) is 0 Å². The summed E-state index contributed by atoms with van der Waals surface area (Å²) in [6, 6.07) is 12.4. The lowest BCUT2D eigenvalue weighted by Gasteiger charge is -2.15. The topological polar surface area (TPSA) is 215 Å². The number of benzene rings is 2. The van der Waals surface area contributed by atoms with E-state index in [1.807, 2.05) is 6.92 Å². The number of unbranched alkanes of at least 4 members (excludes halogenated alkanes) is 1. The number of carboxylic acids is 3. The lowest BCUT2D eigenvalue weighted by Crippen LogP contribution is -2.36. The van der Waals surface area contributed by atoms with Gasteiger partial charge < -0.3 is 50.2 Å². The molecule has 3 aromatic rings. The first-order chi connectivity index (χ1) is 19.5. The molecule has 2 N–H and O–H groups in total. The molecule has 13 nitrogen and oxygen atoms in total. The summed E-state index contributed by atoms with van der Waals surface area (Å²) >= 11 is 0. The van der Waals surface area contributed by atoms with Crippen molar-refractivity contribution in [3.05, 3.63) is 83.1 Å². The first-order valence-electron chi connectivity index (χ1n) is 12.1. The number of hydrogen-bond donors (Lipinski definition) is 2. The first-order valence-corrected chi connectivity index (χ1v) is 12.1. The highest BCUT2D eigenvalue weighted by Gasteiger charge is 2.10. The molecule has 0 unspecified atom stereocenters. The number of carbonyl (C=O) groups excluding carboxylic acids is 3. The third-order valence-corrected chi connectivity index (χ3v) is 5.26. The molecule has 0 aliphatic rings. The number of carboxylic acid groups (broad SMARTS) is 3. The molecular formula is C28H23N5O8-4. The van der Waals surface area contributed by atoms with Crippen LogP contribution in [-0.2, 0) is 14.4 Å². The summed E-state index contributed by atoms with van der Waals surface area (Å²) in [4.78, 5) is 45.9. The normalized spacial score (nSPS) is 10.8. The number of aromatic nitrogens is 3. The molecule has 13 heteroatoms. The minimum Gasteiger partial charge on any atom is -0.872 e. The van der Waals surface area contributed by atoms with E-state index in [4.69, 9.17) is 4.74 Å². The van der Waals surface area contributed by atoms with E-state index in [9.17, 15) is 34.8 Å². The average molecular weight is 558 g/mol. The van der Waals surface area contributed by atoms with E-state index in [-0.39, 0.29) is 23.5 Å². The van der Waals surface area contributed by atoms with Crippen LogP contribution in [0, 0.1) is 0 Å². The predicted octanol–water partition coefficient (Wildman–Crippen LogP) is -0.572. The molecule has 0 spiro atoms. The summed E-state index contributed by atoms with van der Waals surface area (Å²) in [6.07, 6.45) is 3.72. The van der Waals surface area contributed by atoms with Crippen LogP contribution in [0.4, 0.5) is 23.3 Å². The van der Waals surface area contributed by atoms with Crippen LogP contribution in [0.15, 0.2) is 72.0 Å². The van der Waals surface area contributed by atoms with E-state index in [0.717, 1.165) is 25.0 Å². The first kappa shape index (κ1) is 29.8. The molecule has 212 valence electrons. The van der Waals surface area contributed by atoms with Gasteiger partial charge in [-0.1, -0.05) is 37.6 Å². The van der Waals surface area contributed by atoms with E-state index >= 15 is 0 Å². The Bertz CT molecular complexity index is 1360. The molecule has 3 rings (SSSR count). The fourth-order valence-electron chi connectivity index (χ4n) is 3.21. The van der Waals surface area contributed by atoms with Gasteiger partial charge in [0.25, 0.3) is 0 Å². The van der Waals surface area contributed by atoms with Crippen LogP contribution >= 0.6 is 0 Å². The second kappa shape index (κ2) is 13.9. The van der Waals surface area contributed by atoms with Crippen molar-refractivity contribution in [2.45, 2.75) is 19.8 Å². The summed E-state index contributed by atoms with van der Waals surface area (Å²) in [7, 11) is 0. The maximum absolute atomic E-state index is 11.4. The number of nitrogens with zero attached hydrogens (tertiary/aromatic N) is 3. The number of aliphatic carboxylic acids is 3. The zero-order chi connectivity index (χ0) is 29.9. The number of rotatable bonds is 14. The van der Waals surface area contributed by atoms with Crippen LogP contribution in [0.25, 0.3) is 12.2 Å². The fraction of sp³-hybridized carbons (Fsp3) is 0.143. The van der Waals surface area contributed by atoms with Crippen molar-refractivity contribution in [3.63, 3.8) is 0 Å². The minimum atomic E-state index is -1.87. The van der Waals surface area contributed by atoms with Crippen LogP contribution in [0.2, 0.25) is 0 Å².